The Morgan fingerprint density at radius 1 is 0.853 bits per heavy atom. The van der Waals surface area contributed by atoms with Gasteiger partial charge in [0.2, 0.25) is 5.91 Å². The molecular weight excluding hydrogens is 432 g/mol. The number of benzene rings is 3. The summed E-state index contributed by atoms with van der Waals surface area (Å²) in [5, 5.41) is 14.4. The molecule has 0 saturated heterocycles. The number of ether oxygens (including phenoxy) is 1. The van der Waals surface area contributed by atoms with Gasteiger partial charge < -0.3 is 20.5 Å². The third-order valence-corrected chi connectivity index (χ3v) is 6.02. The fraction of sp³-hybridized carbons (Fsp3) is 0.222. The van der Waals surface area contributed by atoms with Crippen molar-refractivity contribution in [2.24, 2.45) is 0 Å². The average molecular weight is 459 g/mol. The van der Waals surface area contributed by atoms with Crippen LogP contribution in [0.5, 0.6) is 0 Å². The van der Waals surface area contributed by atoms with E-state index in [0.29, 0.717) is 5.56 Å². The van der Waals surface area contributed by atoms with Crippen LogP contribution in [0.3, 0.4) is 0 Å². The molecule has 0 spiro atoms. The lowest BCUT2D eigenvalue weighted by molar-refractivity contribution is -0.142. The van der Waals surface area contributed by atoms with E-state index in [9.17, 15) is 19.5 Å². The lowest BCUT2D eigenvalue weighted by atomic mass is 9.98. The minimum absolute atomic E-state index is 0.107. The number of alkyl carbamates (subject to hydrolysis) is 1. The summed E-state index contributed by atoms with van der Waals surface area (Å²) in [7, 11) is 0. The van der Waals surface area contributed by atoms with Gasteiger partial charge in [0.05, 0.1) is 0 Å². The normalized spacial score (nSPS) is 13.8. The number of carboxylic acid groups (broad SMARTS) is 1. The quantitative estimate of drug-likeness (QED) is 0.468. The van der Waals surface area contributed by atoms with E-state index < -0.39 is 30.1 Å². The van der Waals surface area contributed by atoms with Crippen molar-refractivity contribution in [3.8, 4) is 11.1 Å². The van der Waals surface area contributed by atoms with Crippen LogP contribution in [-0.2, 0) is 14.3 Å². The van der Waals surface area contributed by atoms with E-state index in [1.165, 1.54) is 0 Å². The van der Waals surface area contributed by atoms with Crippen LogP contribution in [-0.4, -0.2) is 35.7 Å². The first-order valence-electron chi connectivity index (χ1n) is 11.2. The van der Waals surface area contributed by atoms with E-state index in [4.69, 9.17) is 4.74 Å². The van der Waals surface area contributed by atoms with Crippen molar-refractivity contribution in [2.45, 2.75) is 31.3 Å². The van der Waals surface area contributed by atoms with Crippen LogP contribution in [0.25, 0.3) is 11.1 Å². The Labute approximate surface area is 197 Å². The van der Waals surface area contributed by atoms with Gasteiger partial charge in [-0.15, -0.1) is 0 Å². The zero-order valence-electron chi connectivity index (χ0n) is 18.7. The van der Waals surface area contributed by atoms with E-state index in [0.717, 1.165) is 22.3 Å². The van der Waals surface area contributed by atoms with Crippen molar-refractivity contribution in [1.29, 1.82) is 0 Å². The second-order valence-electron chi connectivity index (χ2n) is 8.12. The number of rotatable bonds is 8. The van der Waals surface area contributed by atoms with Gasteiger partial charge in [-0.3, -0.25) is 4.79 Å². The van der Waals surface area contributed by atoms with Crippen molar-refractivity contribution in [1.82, 2.24) is 10.6 Å². The summed E-state index contributed by atoms with van der Waals surface area (Å²) in [6.45, 7) is 1.77. The maximum Gasteiger partial charge on any atom is 0.408 e. The number of aliphatic carboxylic acids is 1. The molecule has 1 aliphatic carbocycles. The number of nitrogens with one attached hydrogen (secondary N) is 2. The van der Waals surface area contributed by atoms with Gasteiger partial charge in [0.1, 0.15) is 18.7 Å². The minimum Gasteiger partial charge on any atom is -0.480 e. The molecular formula is C27H26N2O5. The molecule has 2 amide bonds. The van der Waals surface area contributed by atoms with Crippen LogP contribution in [0.15, 0.2) is 78.9 Å². The maximum absolute atomic E-state index is 12.9. The molecule has 0 aliphatic heterocycles. The molecule has 174 valence electrons. The molecule has 0 fully saturated rings. The molecule has 3 aromatic carbocycles. The Hall–Kier alpha value is -4.13. The van der Waals surface area contributed by atoms with E-state index in [1.54, 1.807) is 37.3 Å². The highest BCUT2D eigenvalue weighted by atomic mass is 16.5. The molecule has 0 heterocycles. The Morgan fingerprint density at radius 3 is 1.97 bits per heavy atom. The predicted molar refractivity (Wildman–Crippen MR) is 127 cm³/mol. The molecule has 34 heavy (non-hydrogen) atoms. The van der Waals surface area contributed by atoms with Crippen LogP contribution in [0, 0.1) is 0 Å². The zero-order chi connectivity index (χ0) is 24.1. The van der Waals surface area contributed by atoms with Gasteiger partial charge >= 0.3 is 12.1 Å². The third-order valence-electron chi connectivity index (χ3n) is 6.02. The lowest BCUT2D eigenvalue weighted by Gasteiger charge is -2.22. The molecule has 3 aromatic rings. The fourth-order valence-electron chi connectivity index (χ4n) is 4.30. The maximum atomic E-state index is 12.9. The number of hydrogen-bond donors (Lipinski definition) is 3. The largest absolute Gasteiger partial charge is 0.480 e. The highest BCUT2D eigenvalue weighted by Gasteiger charge is 2.31. The van der Waals surface area contributed by atoms with Crippen LogP contribution in [0.2, 0.25) is 0 Å². The van der Waals surface area contributed by atoms with Crippen molar-refractivity contribution in [2.75, 3.05) is 6.61 Å². The summed E-state index contributed by atoms with van der Waals surface area (Å²) < 4.78 is 5.57. The lowest BCUT2D eigenvalue weighted by Crippen LogP contribution is -2.47. The van der Waals surface area contributed by atoms with Gasteiger partial charge in [0, 0.05) is 5.92 Å². The molecule has 0 saturated carbocycles. The highest BCUT2D eigenvalue weighted by molar-refractivity contribution is 5.90. The summed E-state index contributed by atoms with van der Waals surface area (Å²) in [4.78, 5) is 37.0. The van der Waals surface area contributed by atoms with Gasteiger partial charge in [-0.1, -0.05) is 85.8 Å². The number of amides is 2. The number of hydrogen-bond acceptors (Lipinski definition) is 4. The van der Waals surface area contributed by atoms with Crippen LogP contribution >= 0.6 is 0 Å². The molecule has 2 unspecified atom stereocenters. The second-order valence-corrected chi connectivity index (χ2v) is 8.12. The third kappa shape index (κ3) is 4.78. The molecule has 1 aliphatic rings. The van der Waals surface area contributed by atoms with E-state index in [-0.39, 0.29) is 18.9 Å². The summed E-state index contributed by atoms with van der Waals surface area (Å²) >= 11 is 0. The van der Waals surface area contributed by atoms with Crippen LogP contribution < -0.4 is 10.6 Å². The molecule has 0 radical (unpaired) electrons. The molecule has 7 heteroatoms. The number of carboxylic acids is 1. The first kappa shape index (κ1) is 23.0. The van der Waals surface area contributed by atoms with Gasteiger partial charge in [-0.25, -0.2) is 9.59 Å². The monoisotopic (exact) mass is 458 g/mol. The average Bonchev–Trinajstić information content (AvgIpc) is 3.18. The fourth-order valence-corrected chi connectivity index (χ4v) is 4.30. The second kappa shape index (κ2) is 10.2. The minimum atomic E-state index is -1.14. The Bertz CT molecular complexity index is 1150. The summed E-state index contributed by atoms with van der Waals surface area (Å²) in [5.74, 6) is -1.86. The van der Waals surface area contributed by atoms with Crippen LogP contribution in [0.4, 0.5) is 4.79 Å². The van der Waals surface area contributed by atoms with E-state index in [1.807, 2.05) is 36.4 Å². The van der Waals surface area contributed by atoms with Crippen molar-refractivity contribution in [3.63, 3.8) is 0 Å². The van der Waals surface area contributed by atoms with Crippen LogP contribution in [0.1, 0.15) is 42.0 Å². The predicted octanol–water partition coefficient (Wildman–Crippen LogP) is 4.25. The Balaban J connectivity index is 1.48. The van der Waals surface area contributed by atoms with Crippen molar-refractivity contribution < 1.29 is 24.2 Å². The molecule has 3 N–H and O–H groups in total. The summed E-state index contributed by atoms with van der Waals surface area (Å²) in [6.07, 6.45) is -0.540. The zero-order valence-corrected chi connectivity index (χ0v) is 18.7. The first-order chi connectivity index (χ1) is 16.5. The molecule has 2 atom stereocenters. The Kier molecular flexibility index (Phi) is 6.92. The number of carbonyl (C=O) groups excluding carboxylic acids is 2. The summed E-state index contributed by atoms with van der Waals surface area (Å²) in [6, 6.07) is 22.5. The van der Waals surface area contributed by atoms with Gasteiger partial charge in [0.15, 0.2) is 0 Å². The topological polar surface area (TPSA) is 105 Å². The van der Waals surface area contributed by atoms with E-state index >= 15 is 0 Å². The Morgan fingerprint density at radius 2 is 1.41 bits per heavy atom. The molecule has 4 rings (SSSR count). The molecule has 7 nitrogen and oxygen atoms in total. The van der Waals surface area contributed by atoms with Crippen molar-refractivity contribution >= 4 is 18.0 Å². The number of carbonyl (C=O) groups is 3. The molecule has 0 aromatic heterocycles. The standard InChI is InChI=1S/C27H26N2O5/c1-2-23(26(31)32)28-25(30)24(17-10-4-3-5-11-17)29-27(33)34-16-22-20-14-8-6-12-18(20)19-13-7-9-15-21(19)22/h3-15,22-24H,2,16H2,1H3,(H,28,30)(H,29,33)(H,31,32). The van der Waals surface area contributed by atoms with Gasteiger partial charge in [-0.05, 0) is 34.2 Å². The van der Waals surface area contributed by atoms with Gasteiger partial charge in [-0.2, -0.15) is 0 Å². The SMILES string of the molecule is CCC(NC(=O)C(NC(=O)OCC1c2ccccc2-c2ccccc21)c1ccccc1)C(=O)O. The molecule has 0 bridgehead atoms. The van der Waals surface area contributed by atoms with Gasteiger partial charge in [0.25, 0.3) is 0 Å². The summed E-state index contributed by atoms with van der Waals surface area (Å²) in [5.41, 5.74) is 4.93. The van der Waals surface area contributed by atoms with E-state index in [2.05, 4.69) is 22.8 Å². The highest BCUT2D eigenvalue weighted by Crippen LogP contribution is 2.44. The first-order valence-corrected chi connectivity index (χ1v) is 11.2. The number of fused-ring (bicyclic) bond motifs is 3. The van der Waals surface area contributed by atoms with Crippen molar-refractivity contribution in [3.05, 3.63) is 95.6 Å². The smallest absolute Gasteiger partial charge is 0.408 e.